The molecule has 0 aromatic heterocycles. The van der Waals surface area contributed by atoms with Gasteiger partial charge < -0.3 is 9.64 Å². The van der Waals surface area contributed by atoms with Crippen LogP contribution >= 0.6 is 0 Å². The molecule has 0 saturated heterocycles. The van der Waals surface area contributed by atoms with Crippen LogP contribution in [0.4, 0.5) is 0 Å². The van der Waals surface area contributed by atoms with E-state index in [9.17, 15) is 9.59 Å². The average Bonchev–Trinajstić information content (AvgIpc) is 2.62. The molecule has 0 heterocycles. The number of hydrogen-bond acceptors (Lipinski definition) is 3. The number of hydrogen-bond donors (Lipinski definition) is 0. The molecule has 0 bridgehead atoms. The molecule has 24 heavy (non-hydrogen) atoms. The maximum absolute atomic E-state index is 12.9. The largest absolute Gasteiger partial charge is 0.469 e. The Morgan fingerprint density at radius 1 is 1.08 bits per heavy atom. The summed E-state index contributed by atoms with van der Waals surface area (Å²) in [6.07, 6.45) is 10.3. The summed E-state index contributed by atoms with van der Waals surface area (Å²) in [4.78, 5) is 26.6. The van der Waals surface area contributed by atoms with Crippen LogP contribution in [-0.2, 0) is 14.3 Å². The molecule has 0 N–H and O–H groups in total. The molecular weight excluding hydrogens is 302 g/mol. The normalized spacial score (nSPS) is 22.0. The van der Waals surface area contributed by atoms with Gasteiger partial charge in [0.1, 0.15) is 0 Å². The number of rotatable bonds is 10. The van der Waals surface area contributed by atoms with E-state index >= 15 is 0 Å². The number of nitrogens with zero attached hydrogens (tertiary/aromatic N) is 1. The first kappa shape index (κ1) is 21.0. The van der Waals surface area contributed by atoms with Crippen LogP contribution in [-0.4, -0.2) is 37.0 Å². The molecule has 0 aliphatic heterocycles. The zero-order chi connectivity index (χ0) is 17.9. The molecule has 1 amide bonds. The summed E-state index contributed by atoms with van der Waals surface area (Å²) in [5.41, 5.74) is 0. The van der Waals surface area contributed by atoms with Crippen molar-refractivity contribution in [3.05, 3.63) is 0 Å². The number of esters is 1. The van der Waals surface area contributed by atoms with Crippen LogP contribution in [0.15, 0.2) is 0 Å². The van der Waals surface area contributed by atoms with Gasteiger partial charge in [-0.05, 0) is 38.0 Å². The van der Waals surface area contributed by atoms with E-state index in [1.807, 2.05) is 11.8 Å². The van der Waals surface area contributed by atoms with Crippen LogP contribution in [0.25, 0.3) is 0 Å². The Balaban J connectivity index is 2.56. The van der Waals surface area contributed by atoms with E-state index < -0.39 is 0 Å². The third-order valence-electron chi connectivity index (χ3n) is 5.35. The highest BCUT2D eigenvalue weighted by Gasteiger charge is 2.30. The summed E-state index contributed by atoms with van der Waals surface area (Å²) >= 11 is 0. The fraction of sp³-hybridized carbons (Fsp3) is 0.900. The van der Waals surface area contributed by atoms with Gasteiger partial charge >= 0.3 is 5.97 Å². The van der Waals surface area contributed by atoms with Crippen molar-refractivity contribution in [3.63, 3.8) is 0 Å². The maximum atomic E-state index is 12.9. The van der Waals surface area contributed by atoms with E-state index in [0.717, 1.165) is 38.1 Å². The monoisotopic (exact) mass is 339 g/mol. The number of unbranched alkanes of at least 4 members (excludes halogenated alkanes) is 2. The molecule has 1 unspecified atom stereocenters. The summed E-state index contributed by atoms with van der Waals surface area (Å²) in [6.45, 7) is 7.46. The van der Waals surface area contributed by atoms with Gasteiger partial charge in [-0.15, -0.1) is 0 Å². The van der Waals surface area contributed by atoms with Gasteiger partial charge in [0, 0.05) is 19.0 Å². The van der Waals surface area contributed by atoms with Gasteiger partial charge in [-0.2, -0.15) is 0 Å². The third kappa shape index (κ3) is 6.82. The molecule has 4 heteroatoms. The summed E-state index contributed by atoms with van der Waals surface area (Å²) < 4.78 is 4.82. The van der Waals surface area contributed by atoms with Crippen LogP contribution < -0.4 is 0 Å². The first-order valence-electron chi connectivity index (χ1n) is 9.90. The van der Waals surface area contributed by atoms with Gasteiger partial charge in [-0.25, -0.2) is 0 Å². The molecule has 0 aromatic rings. The van der Waals surface area contributed by atoms with Gasteiger partial charge in [-0.1, -0.05) is 46.5 Å². The summed E-state index contributed by atoms with van der Waals surface area (Å²) in [5, 5.41) is 0. The minimum Gasteiger partial charge on any atom is -0.469 e. The average molecular weight is 340 g/mol. The Hall–Kier alpha value is -1.06. The van der Waals surface area contributed by atoms with Crippen LogP contribution in [0.5, 0.6) is 0 Å². The van der Waals surface area contributed by atoms with Gasteiger partial charge in [0.05, 0.1) is 13.0 Å². The second kappa shape index (κ2) is 11.5. The number of carbonyl (C=O) groups excluding carboxylic acids is 2. The molecule has 1 rings (SSSR count). The smallest absolute Gasteiger partial charge is 0.310 e. The van der Waals surface area contributed by atoms with Gasteiger partial charge in [-0.3, -0.25) is 9.59 Å². The SMILES string of the molecule is CCCCC1CCC(C(=O)N(CCCC)CC(C)C(=O)OC)CC1. The molecule has 1 aliphatic rings. The molecule has 0 spiro atoms. The zero-order valence-corrected chi connectivity index (χ0v) is 16.2. The molecule has 140 valence electrons. The molecule has 0 aromatic carbocycles. The van der Waals surface area contributed by atoms with Gasteiger partial charge in [0.2, 0.25) is 5.91 Å². The van der Waals surface area contributed by atoms with Crippen molar-refractivity contribution in [2.45, 2.75) is 78.6 Å². The van der Waals surface area contributed by atoms with E-state index in [2.05, 4.69) is 13.8 Å². The summed E-state index contributed by atoms with van der Waals surface area (Å²) in [7, 11) is 1.41. The Morgan fingerprint density at radius 3 is 2.25 bits per heavy atom. The highest BCUT2D eigenvalue weighted by molar-refractivity contribution is 5.80. The van der Waals surface area contributed by atoms with Crippen molar-refractivity contribution in [2.75, 3.05) is 20.2 Å². The van der Waals surface area contributed by atoms with Crippen molar-refractivity contribution < 1.29 is 14.3 Å². The highest BCUT2D eigenvalue weighted by Crippen LogP contribution is 2.33. The van der Waals surface area contributed by atoms with E-state index in [4.69, 9.17) is 4.74 Å². The van der Waals surface area contributed by atoms with Gasteiger partial charge in [0.25, 0.3) is 0 Å². The molecule has 0 radical (unpaired) electrons. The van der Waals surface area contributed by atoms with E-state index in [0.29, 0.717) is 6.54 Å². The lowest BCUT2D eigenvalue weighted by Crippen LogP contribution is -2.42. The second-order valence-electron chi connectivity index (χ2n) is 7.42. The number of carbonyl (C=O) groups is 2. The molecule has 4 nitrogen and oxygen atoms in total. The van der Waals surface area contributed by atoms with E-state index in [1.54, 1.807) is 0 Å². The summed E-state index contributed by atoms with van der Waals surface area (Å²) in [6, 6.07) is 0. The quantitative estimate of drug-likeness (QED) is 0.553. The summed E-state index contributed by atoms with van der Waals surface area (Å²) in [5.74, 6) is 0.745. The van der Waals surface area contributed by atoms with Crippen LogP contribution in [0.1, 0.15) is 78.6 Å². The van der Waals surface area contributed by atoms with Crippen molar-refractivity contribution in [1.82, 2.24) is 4.90 Å². The molecule has 1 fully saturated rings. The molecule has 1 atom stereocenters. The standard InChI is InChI=1S/C20H37NO3/c1-5-7-9-17-10-12-18(13-11-17)19(22)21(14-8-6-2)15-16(3)20(23)24-4/h16-18H,5-15H2,1-4H3. The van der Waals surface area contributed by atoms with Crippen molar-refractivity contribution in [3.8, 4) is 0 Å². The van der Waals surface area contributed by atoms with Crippen LogP contribution in [0.2, 0.25) is 0 Å². The number of amides is 1. The van der Waals surface area contributed by atoms with Crippen LogP contribution in [0.3, 0.4) is 0 Å². The number of ether oxygens (including phenoxy) is 1. The van der Waals surface area contributed by atoms with Gasteiger partial charge in [0.15, 0.2) is 0 Å². The predicted molar refractivity (Wildman–Crippen MR) is 97.6 cm³/mol. The fourth-order valence-corrected chi connectivity index (χ4v) is 3.70. The van der Waals surface area contributed by atoms with Crippen LogP contribution in [0, 0.1) is 17.8 Å². The molecule has 1 saturated carbocycles. The minimum atomic E-state index is -0.253. The van der Waals surface area contributed by atoms with E-state index in [1.165, 1.54) is 39.2 Å². The zero-order valence-electron chi connectivity index (χ0n) is 16.2. The Labute approximate surface area is 148 Å². The Morgan fingerprint density at radius 2 is 1.71 bits per heavy atom. The van der Waals surface area contributed by atoms with Crippen molar-refractivity contribution in [1.29, 1.82) is 0 Å². The Kier molecular flexibility index (Phi) is 10.0. The molecule has 1 aliphatic carbocycles. The van der Waals surface area contributed by atoms with Crippen molar-refractivity contribution in [2.24, 2.45) is 17.8 Å². The fourth-order valence-electron chi connectivity index (χ4n) is 3.70. The predicted octanol–water partition coefficient (Wildman–Crippen LogP) is 4.42. The first-order valence-corrected chi connectivity index (χ1v) is 9.90. The minimum absolute atomic E-state index is 0.157. The first-order chi connectivity index (χ1) is 11.5. The number of methoxy groups -OCH3 is 1. The Bertz CT molecular complexity index is 375. The maximum Gasteiger partial charge on any atom is 0.310 e. The molecular formula is C20H37NO3. The second-order valence-corrected chi connectivity index (χ2v) is 7.42. The lowest BCUT2D eigenvalue weighted by atomic mass is 9.79. The lowest BCUT2D eigenvalue weighted by molar-refractivity contribution is -0.147. The third-order valence-corrected chi connectivity index (χ3v) is 5.35. The van der Waals surface area contributed by atoms with Crippen molar-refractivity contribution >= 4 is 11.9 Å². The lowest BCUT2D eigenvalue weighted by Gasteiger charge is -2.33. The highest BCUT2D eigenvalue weighted by atomic mass is 16.5. The topological polar surface area (TPSA) is 46.6 Å². The van der Waals surface area contributed by atoms with E-state index in [-0.39, 0.29) is 23.7 Å².